The number of aromatic amines is 1. The summed E-state index contributed by atoms with van der Waals surface area (Å²) in [6, 6.07) is 6.13. The van der Waals surface area contributed by atoms with Crippen molar-refractivity contribution < 1.29 is 0 Å². The van der Waals surface area contributed by atoms with Gasteiger partial charge in [-0.15, -0.1) is 0 Å². The number of para-hydroxylation sites is 1. The molecule has 80 valence electrons. The standard InChI is InChI=1S/C12H15ClN2/c1-7(14)6-10-8(2)15-12-9(10)4-3-5-11(12)13/h3-5,7,15H,6,14H2,1-2H3/t7-/m0/s1. The Hall–Kier alpha value is -0.990. The SMILES string of the molecule is Cc1[nH]c2c(Cl)cccc2c1C[C@H](C)N. The average molecular weight is 223 g/mol. The van der Waals surface area contributed by atoms with E-state index in [2.05, 4.69) is 18.0 Å². The molecule has 0 amide bonds. The van der Waals surface area contributed by atoms with Crippen LogP contribution in [0.2, 0.25) is 5.02 Å². The van der Waals surface area contributed by atoms with E-state index in [-0.39, 0.29) is 6.04 Å². The van der Waals surface area contributed by atoms with Crippen LogP contribution in [0.4, 0.5) is 0 Å². The van der Waals surface area contributed by atoms with Gasteiger partial charge in [-0.3, -0.25) is 0 Å². The lowest BCUT2D eigenvalue weighted by Gasteiger charge is -2.04. The fourth-order valence-electron chi connectivity index (χ4n) is 1.95. The van der Waals surface area contributed by atoms with Gasteiger partial charge in [-0.25, -0.2) is 0 Å². The molecule has 0 aliphatic rings. The van der Waals surface area contributed by atoms with E-state index in [1.54, 1.807) is 0 Å². The molecule has 1 heterocycles. The van der Waals surface area contributed by atoms with Crippen LogP contribution < -0.4 is 5.73 Å². The molecule has 1 atom stereocenters. The van der Waals surface area contributed by atoms with Crippen molar-refractivity contribution in [1.29, 1.82) is 0 Å². The highest BCUT2D eigenvalue weighted by atomic mass is 35.5. The molecule has 0 aliphatic carbocycles. The van der Waals surface area contributed by atoms with Crippen LogP contribution in [-0.4, -0.2) is 11.0 Å². The summed E-state index contributed by atoms with van der Waals surface area (Å²) >= 11 is 6.12. The number of benzene rings is 1. The zero-order valence-electron chi connectivity index (χ0n) is 8.97. The molecule has 2 rings (SSSR count). The van der Waals surface area contributed by atoms with Gasteiger partial charge in [0.05, 0.1) is 10.5 Å². The summed E-state index contributed by atoms with van der Waals surface area (Å²) in [5.74, 6) is 0. The minimum absolute atomic E-state index is 0.168. The number of halogens is 1. The topological polar surface area (TPSA) is 41.8 Å². The smallest absolute Gasteiger partial charge is 0.0648 e. The van der Waals surface area contributed by atoms with Gasteiger partial charge in [0.2, 0.25) is 0 Å². The minimum atomic E-state index is 0.168. The molecule has 15 heavy (non-hydrogen) atoms. The summed E-state index contributed by atoms with van der Waals surface area (Å²) in [7, 11) is 0. The number of hydrogen-bond acceptors (Lipinski definition) is 1. The van der Waals surface area contributed by atoms with Crippen molar-refractivity contribution in [3.8, 4) is 0 Å². The fraction of sp³-hybridized carbons (Fsp3) is 0.333. The van der Waals surface area contributed by atoms with Crippen LogP contribution in [-0.2, 0) is 6.42 Å². The van der Waals surface area contributed by atoms with Crippen molar-refractivity contribution in [2.24, 2.45) is 5.73 Å². The first-order valence-electron chi connectivity index (χ1n) is 5.11. The van der Waals surface area contributed by atoms with Gasteiger partial charge < -0.3 is 10.7 Å². The van der Waals surface area contributed by atoms with Gasteiger partial charge in [0.25, 0.3) is 0 Å². The fourth-order valence-corrected chi connectivity index (χ4v) is 2.17. The van der Waals surface area contributed by atoms with Crippen molar-refractivity contribution in [3.05, 3.63) is 34.5 Å². The van der Waals surface area contributed by atoms with Crippen LogP contribution in [0.3, 0.4) is 0 Å². The summed E-state index contributed by atoms with van der Waals surface area (Å²) in [4.78, 5) is 3.31. The third kappa shape index (κ3) is 1.87. The second kappa shape index (κ2) is 3.87. The Balaban J connectivity index is 2.63. The van der Waals surface area contributed by atoms with Crippen LogP contribution >= 0.6 is 11.6 Å². The lowest BCUT2D eigenvalue weighted by molar-refractivity contribution is 0.738. The molecule has 1 aromatic heterocycles. The molecule has 2 nitrogen and oxygen atoms in total. The lowest BCUT2D eigenvalue weighted by atomic mass is 10.0. The molecule has 0 radical (unpaired) electrons. The van der Waals surface area contributed by atoms with Crippen molar-refractivity contribution in [2.45, 2.75) is 26.3 Å². The number of hydrogen-bond donors (Lipinski definition) is 2. The predicted molar refractivity (Wildman–Crippen MR) is 65.4 cm³/mol. The van der Waals surface area contributed by atoms with Gasteiger partial charge in [-0.05, 0) is 31.9 Å². The van der Waals surface area contributed by atoms with Crippen molar-refractivity contribution in [2.75, 3.05) is 0 Å². The highest BCUT2D eigenvalue weighted by molar-refractivity contribution is 6.35. The summed E-state index contributed by atoms with van der Waals surface area (Å²) in [6.45, 7) is 4.08. The van der Waals surface area contributed by atoms with Gasteiger partial charge in [0.1, 0.15) is 0 Å². The molecular weight excluding hydrogens is 208 g/mol. The number of nitrogens with two attached hydrogens (primary N) is 1. The third-order valence-electron chi connectivity index (χ3n) is 2.63. The molecule has 0 aliphatic heterocycles. The monoisotopic (exact) mass is 222 g/mol. The number of H-pyrrole nitrogens is 1. The zero-order chi connectivity index (χ0) is 11.0. The highest BCUT2D eigenvalue weighted by Crippen LogP contribution is 2.28. The van der Waals surface area contributed by atoms with E-state index in [0.29, 0.717) is 0 Å². The van der Waals surface area contributed by atoms with E-state index in [9.17, 15) is 0 Å². The van der Waals surface area contributed by atoms with Gasteiger partial charge in [-0.1, -0.05) is 23.7 Å². The first-order chi connectivity index (χ1) is 7.09. The van der Waals surface area contributed by atoms with E-state index in [4.69, 9.17) is 17.3 Å². The first kappa shape index (κ1) is 10.5. The molecule has 0 spiro atoms. The Kier molecular flexibility index (Phi) is 2.72. The van der Waals surface area contributed by atoms with Gasteiger partial charge in [-0.2, -0.15) is 0 Å². The Labute approximate surface area is 94.4 Å². The Bertz CT molecular complexity index is 486. The number of rotatable bonds is 2. The molecule has 0 bridgehead atoms. The normalized spacial score (nSPS) is 13.3. The summed E-state index contributed by atoms with van der Waals surface area (Å²) < 4.78 is 0. The van der Waals surface area contributed by atoms with Crippen LogP contribution in [0, 0.1) is 6.92 Å². The highest BCUT2D eigenvalue weighted by Gasteiger charge is 2.11. The lowest BCUT2D eigenvalue weighted by Crippen LogP contribution is -2.18. The molecule has 0 saturated heterocycles. The van der Waals surface area contributed by atoms with E-state index in [1.165, 1.54) is 10.9 Å². The number of aryl methyl sites for hydroxylation is 1. The molecular formula is C12H15ClN2. The van der Waals surface area contributed by atoms with Crippen LogP contribution in [0.15, 0.2) is 18.2 Å². The van der Waals surface area contributed by atoms with Crippen LogP contribution in [0.1, 0.15) is 18.2 Å². The Morgan fingerprint density at radius 1 is 1.47 bits per heavy atom. The predicted octanol–water partition coefficient (Wildman–Crippen LogP) is 3.02. The molecule has 3 N–H and O–H groups in total. The quantitative estimate of drug-likeness (QED) is 0.806. The third-order valence-corrected chi connectivity index (χ3v) is 2.94. The number of nitrogens with one attached hydrogen (secondary N) is 1. The molecule has 1 aromatic carbocycles. The largest absolute Gasteiger partial charge is 0.357 e. The molecule has 0 fully saturated rings. The van der Waals surface area contributed by atoms with Crippen molar-refractivity contribution in [3.63, 3.8) is 0 Å². The maximum atomic E-state index is 6.12. The van der Waals surface area contributed by atoms with Crippen LogP contribution in [0.5, 0.6) is 0 Å². The minimum Gasteiger partial charge on any atom is -0.357 e. The van der Waals surface area contributed by atoms with E-state index in [0.717, 1.165) is 22.7 Å². The number of fused-ring (bicyclic) bond motifs is 1. The maximum absolute atomic E-state index is 6.12. The Morgan fingerprint density at radius 3 is 2.87 bits per heavy atom. The summed E-state index contributed by atoms with van der Waals surface area (Å²) in [5.41, 5.74) is 9.30. The molecule has 0 saturated carbocycles. The van der Waals surface area contributed by atoms with E-state index in [1.807, 2.05) is 19.1 Å². The second-order valence-corrected chi connectivity index (χ2v) is 4.48. The van der Waals surface area contributed by atoms with Gasteiger partial charge in [0, 0.05) is 17.1 Å². The van der Waals surface area contributed by atoms with Crippen molar-refractivity contribution in [1.82, 2.24) is 4.98 Å². The average Bonchev–Trinajstić information content (AvgIpc) is 2.45. The summed E-state index contributed by atoms with van der Waals surface area (Å²) in [6.07, 6.45) is 0.881. The second-order valence-electron chi connectivity index (χ2n) is 4.07. The van der Waals surface area contributed by atoms with Crippen molar-refractivity contribution >= 4 is 22.5 Å². The van der Waals surface area contributed by atoms with Crippen LogP contribution in [0.25, 0.3) is 10.9 Å². The molecule has 0 unspecified atom stereocenters. The number of aromatic nitrogens is 1. The maximum Gasteiger partial charge on any atom is 0.0648 e. The Morgan fingerprint density at radius 2 is 2.20 bits per heavy atom. The van der Waals surface area contributed by atoms with Gasteiger partial charge in [0.15, 0.2) is 0 Å². The summed E-state index contributed by atoms with van der Waals surface area (Å²) in [5, 5.41) is 1.96. The van der Waals surface area contributed by atoms with Gasteiger partial charge >= 0.3 is 0 Å². The molecule has 3 heteroatoms. The first-order valence-corrected chi connectivity index (χ1v) is 5.48. The van der Waals surface area contributed by atoms with E-state index < -0.39 is 0 Å². The van der Waals surface area contributed by atoms with E-state index >= 15 is 0 Å². The molecule has 2 aromatic rings. The zero-order valence-corrected chi connectivity index (χ0v) is 9.73.